The molecule has 0 bridgehead atoms. The van der Waals surface area contributed by atoms with Crippen molar-refractivity contribution in [2.75, 3.05) is 13.7 Å². The zero-order valence-corrected chi connectivity index (χ0v) is 13.0. The maximum atomic E-state index is 12.3. The molecule has 0 radical (unpaired) electrons. The van der Waals surface area contributed by atoms with Gasteiger partial charge in [-0.15, -0.1) is 0 Å². The second-order valence-electron chi connectivity index (χ2n) is 5.41. The highest BCUT2D eigenvalue weighted by Crippen LogP contribution is 2.17. The lowest BCUT2D eigenvalue weighted by atomic mass is 10.1. The summed E-state index contributed by atoms with van der Waals surface area (Å²) in [6, 6.07) is 6.01. The van der Waals surface area contributed by atoms with E-state index in [4.69, 9.17) is 9.84 Å². The topological polar surface area (TPSA) is 66.8 Å². The molecule has 0 fully saturated rings. The second kappa shape index (κ2) is 7.67. The van der Waals surface area contributed by atoms with Gasteiger partial charge in [-0.1, -0.05) is 26.8 Å². The summed E-state index contributed by atoms with van der Waals surface area (Å²) in [5.41, 5.74) is 0.429. The van der Waals surface area contributed by atoms with Crippen LogP contribution in [-0.2, 0) is 4.79 Å². The van der Waals surface area contributed by atoms with Crippen molar-refractivity contribution in [2.24, 2.45) is 5.92 Å². The number of rotatable bonds is 7. The van der Waals surface area contributed by atoms with Crippen molar-refractivity contribution in [2.45, 2.75) is 33.2 Å². The van der Waals surface area contributed by atoms with Gasteiger partial charge < -0.3 is 14.7 Å². The maximum absolute atomic E-state index is 12.3. The molecule has 0 saturated carbocycles. The predicted molar refractivity (Wildman–Crippen MR) is 80.6 cm³/mol. The SMILES string of the molecule is CCC(C(=O)O)N(C)C(=O)c1cccc(OCC(C)C)c1. The highest BCUT2D eigenvalue weighted by Gasteiger charge is 2.25. The monoisotopic (exact) mass is 293 g/mol. The van der Waals surface area contributed by atoms with Crippen molar-refractivity contribution in [1.29, 1.82) is 0 Å². The molecule has 21 heavy (non-hydrogen) atoms. The van der Waals surface area contributed by atoms with Crippen LogP contribution in [0.5, 0.6) is 5.75 Å². The first kappa shape index (κ1) is 17.0. The molecule has 0 aromatic heterocycles. The second-order valence-corrected chi connectivity index (χ2v) is 5.41. The van der Waals surface area contributed by atoms with Crippen molar-refractivity contribution < 1.29 is 19.4 Å². The van der Waals surface area contributed by atoms with Crippen molar-refractivity contribution in [3.05, 3.63) is 29.8 Å². The molecule has 1 amide bonds. The van der Waals surface area contributed by atoms with Gasteiger partial charge in [0.15, 0.2) is 0 Å². The molecule has 0 aliphatic rings. The van der Waals surface area contributed by atoms with E-state index in [1.807, 2.05) is 13.8 Å². The summed E-state index contributed by atoms with van der Waals surface area (Å²) < 4.78 is 5.59. The summed E-state index contributed by atoms with van der Waals surface area (Å²) in [6.45, 7) is 6.40. The third-order valence-corrected chi connectivity index (χ3v) is 3.12. The van der Waals surface area contributed by atoms with Gasteiger partial charge >= 0.3 is 5.97 Å². The maximum Gasteiger partial charge on any atom is 0.326 e. The van der Waals surface area contributed by atoms with E-state index in [0.717, 1.165) is 0 Å². The third-order valence-electron chi connectivity index (χ3n) is 3.12. The average Bonchev–Trinajstić information content (AvgIpc) is 2.44. The average molecular weight is 293 g/mol. The van der Waals surface area contributed by atoms with Gasteiger partial charge in [-0.25, -0.2) is 4.79 Å². The van der Waals surface area contributed by atoms with Crippen LogP contribution in [0.4, 0.5) is 0 Å². The minimum absolute atomic E-state index is 0.320. The molecule has 1 aromatic carbocycles. The van der Waals surface area contributed by atoms with Gasteiger partial charge in [0.1, 0.15) is 11.8 Å². The van der Waals surface area contributed by atoms with Gasteiger partial charge in [0.2, 0.25) is 0 Å². The quantitative estimate of drug-likeness (QED) is 0.839. The lowest BCUT2D eigenvalue weighted by molar-refractivity contribution is -0.142. The van der Waals surface area contributed by atoms with Crippen LogP contribution in [0.2, 0.25) is 0 Å². The molecular weight excluding hydrogens is 270 g/mol. The lowest BCUT2D eigenvalue weighted by Gasteiger charge is -2.24. The van der Waals surface area contributed by atoms with Crippen LogP contribution in [-0.4, -0.2) is 41.6 Å². The molecule has 0 aliphatic carbocycles. The first-order valence-corrected chi connectivity index (χ1v) is 7.09. The first-order chi connectivity index (χ1) is 9.86. The number of amides is 1. The van der Waals surface area contributed by atoms with Crippen LogP contribution in [0.1, 0.15) is 37.6 Å². The predicted octanol–water partition coefficient (Wildman–Crippen LogP) is 2.66. The number of benzene rings is 1. The Morgan fingerprint density at radius 2 is 2.00 bits per heavy atom. The number of likely N-dealkylation sites (N-methyl/N-ethyl adjacent to an activating group) is 1. The summed E-state index contributed by atoms with van der Waals surface area (Å²) in [7, 11) is 1.51. The van der Waals surface area contributed by atoms with Crippen molar-refractivity contribution in [1.82, 2.24) is 4.90 Å². The summed E-state index contributed by atoms with van der Waals surface area (Å²) in [5.74, 6) is -0.311. The molecule has 1 atom stereocenters. The standard InChI is InChI=1S/C16H23NO4/c1-5-14(16(19)20)17(4)15(18)12-7-6-8-13(9-12)21-10-11(2)3/h6-9,11,14H,5,10H2,1-4H3,(H,19,20). The summed E-state index contributed by atoms with van der Waals surface area (Å²) in [4.78, 5) is 24.7. The molecule has 5 nitrogen and oxygen atoms in total. The molecule has 1 rings (SSSR count). The van der Waals surface area contributed by atoms with E-state index in [9.17, 15) is 9.59 Å². The Balaban J connectivity index is 2.87. The van der Waals surface area contributed by atoms with E-state index < -0.39 is 12.0 Å². The molecule has 5 heteroatoms. The van der Waals surface area contributed by atoms with Gasteiger partial charge in [-0.2, -0.15) is 0 Å². The number of hydrogen-bond donors (Lipinski definition) is 1. The van der Waals surface area contributed by atoms with Crippen molar-refractivity contribution in [3.63, 3.8) is 0 Å². The molecule has 0 heterocycles. The summed E-state index contributed by atoms with van der Waals surface area (Å²) >= 11 is 0. The van der Waals surface area contributed by atoms with Crippen molar-refractivity contribution in [3.8, 4) is 5.75 Å². The fourth-order valence-electron chi connectivity index (χ4n) is 1.94. The largest absolute Gasteiger partial charge is 0.493 e. The fourth-order valence-corrected chi connectivity index (χ4v) is 1.94. The van der Waals surface area contributed by atoms with Crippen LogP contribution in [0.15, 0.2) is 24.3 Å². The van der Waals surface area contributed by atoms with Crippen LogP contribution in [0.3, 0.4) is 0 Å². The fraction of sp³-hybridized carbons (Fsp3) is 0.500. The molecule has 0 spiro atoms. The highest BCUT2D eigenvalue weighted by atomic mass is 16.5. The Morgan fingerprint density at radius 1 is 1.33 bits per heavy atom. The lowest BCUT2D eigenvalue weighted by Crippen LogP contribution is -2.41. The number of nitrogens with zero attached hydrogens (tertiary/aromatic N) is 1. The Morgan fingerprint density at radius 3 is 2.52 bits per heavy atom. The van der Waals surface area contributed by atoms with E-state index in [1.54, 1.807) is 31.2 Å². The van der Waals surface area contributed by atoms with Gasteiger partial charge in [-0.05, 0) is 30.5 Å². The minimum atomic E-state index is -0.999. The molecule has 0 saturated heterocycles. The zero-order valence-electron chi connectivity index (χ0n) is 13.0. The van der Waals surface area contributed by atoms with E-state index >= 15 is 0 Å². The van der Waals surface area contributed by atoms with Gasteiger partial charge in [0.05, 0.1) is 6.61 Å². The van der Waals surface area contributed by atoms with Crippen LogP contribution in [0, 0.1) is 5.92 Å². The van der Waals surface area contributed by atoms with Crippen LogP contribution < -0.4 is 4.74 Å². The number of carboxylic acid groups (broad SMARTS) is 1. The van der Waals surface area contributed by atoms with E-state index in [-0.39, 0.29) is 5.91 Å². The molecule has 1 N–H and O–H groups in total. The number of carbonyl (C=O) groups is 2. The van der Waals surface area contributed by atoms with E-state index in [1.165, 1.54) is 11.9 Å². The van der Waals surface area contributed by atoms with Crippen LogP contribution in [0.25, 0.3) is 0 Å². The molecular formula is C16H23NO4. The van der Waals surface area contributed by atoms with Crippen LogP contribution >= 0.6 is 0 Å². The minimum Gasteiger partial charge on any atom is -0.493 e. The number of carboxylic acids is 1. The normalized spacial score (nSPS) is 12.0. The van der Waals surface area contributed by atoms with Gasteiger partial charge in [0, 0.05) is 12.6 Å². The Labute approximate surface area is 125 Å². The van der Waals surface area contributed by atoms with E-state index in [2.05, 4.69) is 0 Å². The molecule has 0 aliphatic heterocycles. The Kier molecular flexibility index (Phi) is 6.21. The smallest absolute Gasteiger partial charge is 0.326 e. The molecule has 1 aromatic rings. The number of aliphatic carboxylic acids is 1. The number of carbonyl (C=O) groups excluding carboxylic acids is 1. The third kappa shape index (κ3) is 4.77. The number of ether oxygens (including phenoxy) is 1. The summed E-state index contributed by atoms with van der Waals surface area (Å²) in [6.07, 6.45) is 0.362. The Bertz CT molecular complexity index is 499. The zero-order chi connectivity index (χ0) is 16.0. The number of hydrogen-bond acceptors (Lipinski definition) is 3. The van der Waals surface area contributed by atoms with E-state index in [0.29, 0.717) is 30.3 Å². The molecule has 116 valence electrons. The summed E-state index contributed by atoms with van der Waals surface area (Å²) in [5, 5.41) is 9.12. The highest BCUT2D eigenvalue weighted by molar-refractivity contribution is 5.96. The van der Waals surface area contributed by atoms with Crippen molar-refractivity contribution >= 4 is 11.9 Å². The Hall–Kier alpha value is -2.04. The van der Waals surface area contributed by atoms with Gasteiger partial charge in [0.25, 0.3) is 5.91 Å². The van der Waals surface area contributed by atoms with Gasteiger partial charge in [-0.3, -0.25) is 4.79 Å². The first-order valence-electron chi connectivity index (χ1n) is 7.09. The molecule has 1 unspecified atom stereocenters.